The van der Waals surface area contributed by atoms with Gasteiger partial charge in [-0.3, -0.25) is 4.79 Å². The zero-order valence-corrected chi connectivity index (χ0v) is 12.8. The van der Waals surface area contributed by atoms with Gasteiger partial charge in [-0.25, -0.2) is 18.7 Å². The summed E-state index contributed by atoms with van der Waals surface area (Å²) in [6.07, 6.45) is 0.339. The molecule has 24 heavy (non-hydrogen) atoms. The Morgan fingerprint density at radius 3 is 2.71 bits per heavy atom. The highest BCUT2D eigenvalue weighted by Crippen LogP contribution is 2.28. The van der Waals surface area contributed by atoms with Crippen molar-refractivity contribution in [2.75, 3.05) is 16.8 Å². The van der Waals surface area contributed by atoms with Crippen LogP contribution in [-0.2, 0) is 4.79 Å². The van der Waals surface area contributed by atoms with Gasteiger partial charge in [0.1, 0.15) is 35.1 Å². The maximum atomic E-state index is 13.9. The predicted octanol–water partition coefficient (Wildman–Crippen LogP) is 2.15. The van der Waals surface area contributed by atoms with E-state index in [0.29, 0.717) is 12.1 Å². The molecule has 1 saturated heterocycles. The molecule has 2 heterocycles. The van der Waals surface area contributed by atoms with Crippen molar-refractivity contribution in [1.29, 1.82) is 5.26 Å². The maximum Gasteiger partial charge on any atom is 0.249 e. The summed E-state index contributed by atoms with van der Waals surface area (Å²) in [5.74, 6) is -1.91. The van der Waals surface area contributed by atoms with Crippen molar-refractivity contribution in [2.45, 2.75) is 19.4 Å². The highest BCUT2D eigenvalue weighted by Gasteiger charge is 2.35. The first-order chi connectivity index (χ1) is 11.5. The zero-order chi connectivity index (χ0) is 17.3. The van der Waals surface area contributed by atoms with Crippen LogP contribution in [0.25, 0.3) is 0 Å². The molecule has 1 aliphatic heterocycles. The first-order valence-corrected chi connectivity index (χ1v) is 7.27. The minimum Gasteiger partial charge on any atom is -0.342 e. The van der Waals surface area contributed by atoms with E-state index >= 15 is 0 Å². The minimum atomic E-state index is -0.789. The van der Waals surface area contributed by atoms with Crippen LogP contribution < -0.4 is 10.2 Å². The first-order valence-electron chi connectivity index (χ1n) is 7.27. The van der Waals surface area contributed by atoms with E-state index in [1.807, 2.05) is 6.07 Å². The second-order valence-corrected chi connectivity index (χ2v) is 5.38. The van der Waals surface area contributed by atoms with E-state index < -0.39 is 23.6 Å². The Bertz CT molecular complexity index is 829. The number of aromatic nitrogens is 2. The summed E-state index contributed by atoms with van der Waals surface area (Å²) in [6.45, 7) is 1.87. The van der Waals surface area contributed by atoms with E-state index in [9.17, 15) is 13.6 Å². The monoisotopic (exact) mass is 329 g/mol. The number of carbonyl (C=O) groups excluding carboxylic acids is 1. The number of hydrogen-bond donors (Lipinski definition) is 1. The van der Waals surface area contributed by atoms with Crippen LogP contribution in [0.1, 0.15) is 17.8 Å². The van der Waals surface area contributed by atoms with E-state index in [4.69, 9.17) is 5.26 Å². The van der Waals surface area contributed by atoms with Crippen LogP contribution >= 0.6 is 0 Å². The first kappa shape index (κ1) is 15.8. The molecule has 1 unspecified atom stereocenters. The van der Waals surface area contributed by atoms with Gasteiger partial charge < -0.3 is 10.2 Å². The number of benzene rings is 1. The van der Waals surface area contributed by atoms with Crippen LogP contribution in [-0.4, -0.2) is 28.5 Å². The Hall–Kier alpha value is -3.08. The summed E-state index contributed by atoms with van der Waals surface area (Å²) in [5.41, 5.74) is 0.397. The summed E-state index contributed by atoms with van der Waals surface area (Å²) in [6, 6.07) is 6.17. The highest BCUT2D eigenvalue weighted by atomic mass is 19.1. The number of halogens is 2. The largest absolute Gasteiger partial charge is 0.342 e. The van der Waals surface area contributed by atoms with Crippen molar-refractivity contribution in [3.63, 3.8) is 0 Å². The topological polar surface area (TPSA) is 81.9 Å². The molecule has 0 spiro atoms. The molecule has 1 aliphatic rings. The normalized spacial score (nSPS) is 17.0. The van der Waals surface area contributed by atoms with Gasteiger partial charge in [-0.05, 0) is 31.5 Å². The minimum absolute atomic E-state index is 0.140. The average molecular weight is 329 g/mol. The molecule has 1 aromatic carbocycles. The Labute approximate surface area is 136 Å². The van der Waals surface area contributed by atoms with Gasteiger partial charge in [0.2, 0.25) is 11.9 Å². The number of nitrogens with one attached hydrogen (secondary N) is 1. The quantitative estimate of drug-likeness (QED) is 0.933. The molecule has 0 aliphatic carbocycles. The third-order valence-electron chi connectivity index (χ3n) is 3.69. The van der Waals surface area contributed by atoms with E-state index in [1.165, 1.54) is 12.1 Å². The molecule has 0 bridgehead atoms. The van der Waals surface area contributed by atoms with Crippen molar-refractivity contribution in [3.8, 4) is 6.07 Å². The Kier molecular flexibility index (Phi) is 4.08. The van der Waals surface area contributed by atoms with Crippen LogP contribution in [0.2, 0.25) is 0 Å². The number of nitriles is 1. The molecule has 1 aromatic heterocycles. The number of carbonyl (C=O) groups is 1. The lowest BCUT2D eigenvalue weighted by Gasteiger charge is -2.18. The van der Waals surface area contributed by atoms with Crippen LogP contribution in [0, 0.1) is 29.9 Å². The molecule has 1 fully saturated rings. The lowest BCUT2D eigenvalue weighted by molar-refractivity contribution is -0.117. The van der Waals surface area contributed by atoms with E-state index in [2.05, 4.69) is 15.3 Å². The molecular weight excluding hydrogens is 316 g/mol. The van der Waals surface area contributed by atoms with Crippen molar-refractivity contribution >= 4 is 17.5 Å². The standard InChI is InChI=1S/C16H13F2N5O/c1-9-7-10(8-19)21-16(20-9)22-13-5-6-23(15(13)24)14-11(17)3-2-4-12(14)18/h2-4,7,13H,5-6H2,1H3,(H,20,21,22). The Balaban J connectivity index is 1.83. The lowest BCUT2D eigenvalue weighted by Crippen LogP contribution is -2.35. The van der Waals surface area contributed by atoms with Gasteiger partial charge in [-0.1, -0.05) is 6.07 Å². The van der Waals surface area contributed by atoms with E-state index in [-0.39, 0.29) is 23.9 Å². The maximum absolute atomic E-state index is 13.9. The average Bonchev–Trinajstić information content (AvgIpc) is 2.88. The molecule has 1 atom stereocenters. The van der Waals surface area contributed by atoms with E-state index in [1.54, 1.807) is 6.92 Å². The van der Waals surface area contributed by atoms with Crippen molar-refractivity contribution in [1.82, 2.24) is 9.97 Å². The molecule has 1 amide bonds. The fraction of sp³-hybridized carbons (Fsp3) is 0.250. The van der Waals surface area contributed by atoms with Gasteiger partial charge in [-0.2, -0.15) is 5.26 Å². The van der Waals surface area contributed by atoms with Gasteiger partial charge in [-0.15, -0.1) is 0 Å². The molecule has 0 radical (unpaired) electrons. The molecule has 6 nitrogen and oxygen atoms in total. The fourth-order valence-electron chi connectivity index (χ4n) is 2.63. The molecule has 3 rings (SSSR count). The zero-order valence-electron chi connectivity index (χ0n) is 12.8. The Morgan fingerprint density at radius 1 is 1.33 bits per heavy atom. The van der Waals surface area contributed by atoms with Crippen LogP contribution in [0.3, 0.4) is 0 Å². The summed E-state index contributed by atoms with van der Waals surface area (Å²) in [4.78, 5) is 21.6. The van der Waals surface area contributed by atoms with Crippen molar-refractivity contribution in [3.05, 3.63) is 47.3 Å². The molecule has 8 heteroatoms. The Morgan fingerprint density at radius 2 is 2.04 bits per heavy atom. The van der Waals surface area contributed by atoms with Gasteiger partial charge in [0.25, 0.3) is 0 Å². The van der Waals surface area contributed by atoms with Gasteiger partial charge in [0, 0.05) is 12.2 Å². The molecule has 2 aromatic rings. The highest BCUT2D eigenvalue weighted by molar-refractivity contribution is 6.01. The van der Waals surface area contributed by atoms with Crippen molar-refractivity contribution in [2.24, 2.45) is 0 Å². The summed E-state index contributed by atoms with van der Waals surface area (Å²) in [5, 5.41) is 11.8. The number of hydrogen-bond acceptors (Lipinski definition) is 5. The lowest BCUT2D eigenvalue weighted by atomic mass is 10.2. The second kappa shape index (κ2) is 6.20. The van der Waals surface area contributed by atoms with E-state index in [0.717, 1.165) is 17.0 Å². The van der Waals surface area contributed by atoms with Crippen LogP contribution in [0.5, 0.6) is 0 Å². The van der Waals surface area contributed by atoms with Crippen LogP contribution in [0.15, 0.2) is 24.3 Å². The molecule has 1 N–H and O–H groups in total. The number of nitrogens with zero attached hydrogens (tertiary/aromatic N) is 4. The third-order valence-corrected chi connectivity index (χ3v) is 3.69. The number of rotatable bonds is 3. The molecular formula is C16H13F2N5O. The SMILES string of the molecule is Cc1cc(C#N)nc(NC2CCN(c3c(F)cccc3F)C2=O)n1. The fourth-order valence-corrected chi connectivity index (χ4v) is 2.63. The van der Waals surface area contributed by atoms with Gasteiger partial charge in [0.05, 0.1) is 0 Å². The number of amides is 1. The second-order valence-electron chi connectivity index (χ2n) is 5.38. The molecule has 122 valence electrons. The number of aryl methyl sites for hydroxylation is 1. The molecule has 0 saturated carbocycles. The third kappa shape index (κ3) is 2.88. The summed E-state index contributed by atoms with van der Waals surface area (Å²) in [7, 11) is 0. The van der Waals surface area contributed by atoms with Crippen LogP contribution in [0.4, 0.5) is 20.4 Å². The van der Waals surface area contributed by atoms with Crippen molar-refractivity contribution < 1.29 is 13.6 Å². The predicted molar refractivity (Wildman–Crippen MR) is 82.2 cm³/mol. The summed E-state index contributed by atoms with van der Waals surface area (Å²) >= 11 is 0. The number of anilines is 2. The smallest absolute Gasteiger partial charge is 0.249 e. The van der Waals surface area contributed by atoms with Gasteiger partial charge >= 0.3 is 0 Å². The van der Waals surface area contributed by atoms with Gasteiger partial charge in [0.15, 0.2) is 0 Å². The summed E-state index contributed by atoms with van der Waals surface area (Å²) < 4.78 is 27.7. The number of para-hydroxylation sites is 1.